The van der Waals surface area contributed by atoms with Crippen LogP contribution in [0.5, 0.6) is 0 Å². The van der Waals surface area contributed by atoms with Crippen molar-refractivity contribution in [1.82, 2.24) is 20.2 Å². The monoisotopic (exact) mass is 158 g/mol. The second-order valence-corrected chi connectivity index (χ2v) is 2.69. The fourth-order valence-corrected chi connectivity index (χ4v) is 1.34. The van der Waals surface area contributed by atoms with Crippen LogP contribution >= 0.6 is 0 Å². The van der Waals surface area contributed by atoms with Gasteiger partial charge in [-0.2, -0.15) is 0 Å². The Balaban J connectivity index is 2.62. The van der Waals surface area contributed by atoms with E-state index in [0.29, 0.717) is 0 Å². The summed E-state index contributed by atoms with van der Waals surface area (Å²) in [4.78, 5) is 8.51. The van der Waals surface area contributed by atoms with Gasteiger partial charge in [-0.25, -0.2) is 4.98 Å². The van der Waals surface area contributed by atoms with E-state index in [4.69, 9.17) is 0 Å². The van der Waals surface area contributed by atoms with Crippen LogP contribution in [0.1, 0.15) is 0 Å². The Bertz CT molecular complexity index is 443. The second-order valence-electron chi connectivity index (χ2n) is 2.69. The molecule has 0 unspecified atom stereocenters. The number of rotatable bonds is 0. The number of H-pyrrole nitrogens is 2. The van der Waals surface area contributed by atoms with Gasteiger partial charge in [-0.15, -0.1) is 0 Å². The number of hydrogen-bond acceptors (Lipinski definition) is 2. The minimum absolute atomic E-state index is 0.871. The Kier molecular flexibility index (Phi) is 0.889. The Hall–Kier alpha value is -1.84. The summed E-state index contributed by atoms with van der Waals surface area (Å²) in [5.74, 6) is 0. The molecule has 0 amide bonds. The lowest BCUT2D eigenvalue weighted by Crippen LogP contribution is -1.76. The highest BCUT2D eigenvalue weighted by Gasteiger charge is 2.00. The highest BCUT2D eigenvalue weighted by molar-refractivity contribution is 5.88. The van der Waals surface area contributed by atoms with Crippen molar-refractivity contribution in [2.24, 2.45) is 0 Å². The van der Waals surface area contributed by atoms with Crippen LogP contribution in [-0.2, 0) is 0 Å². The minimum Gasteiger partial charge on any atom is -0.306 e. The van der Waals surface area contributed by atoms with E-state index in [-0.39, 0.29) is 0 Å². The largest absolute Gasteiger partial charge is 0.306 e. The molecular weight excluding hydrogens is 152 g/mol. The topological polar surface area (TPSA) is 57.4 Å². The molecule has 0 aliphatic heterocycles. The quantitative estimate of drug-likeness (QED) is 0.520. The number of nitrogens with one attached hydrogen (secondary N) is 2. The van der Waals surface area contributed by atoms with Crippen LogP contribution in [0.15, 0.2) is 24.5 Å². The van der Waals surface area contributed by atoms with E-state index in [1.807, 2.05) is 18.3 Å². The molecule has 4 heteroatoms. The Morgan fingerprint density at radius 2 is 2.25 bits per heavy atom. The predicted molar refractivity (Wildman–Crippen MR) is 45.7 cm³/mol. The van der Waals surface area contributed by atoms with Crippen molar-refractivity contribution in [3.05, 3.63) is 24.5 Å². The molecule has 3 rings (SSSR count). The fraction of sp³-hybridized carbons (Fsp3) is 0. The van der Waals surface area contributed by atoms with Crippen molar-refractivity contribution in [2.45, 2.75) is 0 Å². The number of hydrogen-bond donors (Lipinski definition) is 2. The summed E-state index contributed by atoms with van der Waals surface area (Å²) >= 11 is 0. The highest BCUT2D eigenvalue weighted by Crippen LogP contribution is 2.15. The van der Waals surface area contributed by atoms with Crippen LogP contribution in [0.25, 0.3) is 22.1 Å². The zero-order valence-electron chi connectivity index (χ0n) is 6.20. The predicted octanol–water partition coefficient (Wildman–Crippen LogP) is 1.44. The molecule has 58 valence electrons. The first-order valence-electron chi connectivity index (χ1n) is 3.71. The summed E-state index contributed by atoms with van der Waals surface area (Å²) < 4.78 is 0. The summed E-state index contributed by atoms with van der Waals surface area (Å²) in [5, 5.41) is 6.88. The lowest BCUT2D eigenvalue weighted by Gasteiger charge is -1.87. The van der Waals surface area contributed by atoms with Crippen molar-refractivity contribution in [3.63, 3.8) is 0 Å². The van der Waals surface area contributed by atoms with Gasteiger partial charge in [0.2, 0.25) is 0 Å². The highest BCUT2D eigenvalue weighted by atomic mass is 15.1. The molecule has 0 fully saturated rings. The summed E-state index contributed by atoms with van der Waals surface area (Å²) in [6.45, 7) is 0. The van der Waals surface area contributed by atoms with E-state index in [1.165, 1.54) is 0 Å². The zero-order chi connectivity index (χ0) is 7.97. The smallest absolute Gasteiger partial charge is 0.154 e. The van der Waals surface area contributed by atoms with Gasteiger partial charge in [-0.05, 0) is 12.1 Å². The molecule has 3 aromatic rings. The molecule has 0 aliphatic rings. The van der Waals surface area contributed by atoms with Gasteiger partial charge in [0.1, 0.15) is 0 Å². The molecule has 0 atom stereocenters. The molecule has 3 heterocycles. The van der Waals surface area contributed by atoms with E-state index < -0.39 is 0 Å². The van der Waals surface area contributed by atoms with Gasteiger partial charge in [-0.1, -0.05) is 0 Å². The van der Waals surface area contributed by atoms with Crippen LogP contribution in [0.4, 0.5) is 0 Å². The van der Waals surface area contributed by atoms with Crippen molar-refractivity contribution in [2.75, 3.05) is 0 Å². The van der Waals surface area contributed by atoms with Gasteiger partial charge in [0.25, 0.3) is 0 Å². The summed E-state index contributed by atoms with van der Waals surface area (Å²) in [7, 11) is 0. The van der Waals surface area contributed by atoms with Gasteiger partial charge >= 0.3 is 0 Å². The average molecular weight is 158 g/mol. The molecule has 0 bridgehead atoms. The third kappa shape index (κ3) is 0.611. The first-order valence-corrected chi connectivity index (χ1v) is 3.71. The van der Waals surface area contributed by atoms with Crippen molar-refractivity contribution in [3.8, 4) is 0 Å². The Labute approximate surface area is 67.6 Å². The number of fused-ring (bicyclic) bond motifs is 2. The fourth-order valence-electron chi connectivity index (χ4n) is 1.34. The van der Waals surface area contributed by atoms with E-state index in [0.717, 1.165) is 22.1 Å². The second kappa shape index (κ2) is 1.85. The van der Waals surface area contributed by atoms with Gasteiger partial charge < -0.3 is 5.10 Å². The molecule has 0 radical (unpaired) electrons. The maximum atomic E-state index is 4.35. The first-order chi connectivity index (χ1) is 5.93. The molecule has 0 aromatic carbocycles. The van der Waals surface area contributed by atoms with Crippen molar-refractivity contribution < 1.29 is 0 Å². The standard InChI is InChI=1S/C8H6N4/c1-2-9-7-3-5-4-10-12-8(5)11-6(1)7/h1-4H,(H2,10,11,12). The van der Waals surface area contributed by atoms with Crippen LogP contribution < -0.4 is 0 Å². The van der Waals surface area contributed by atoms with Crippen molar-refractivity contribution >= 4 is 22.1 Å². The summed E-state index contributed by atoms with van der Waals surface area (Å²) in [6, 6.07) is 3.90. The molecule has 0 spiro atoms. The molecule has 3 aromatic heterocycles. The number of nitrogens with zero attached hydrogens (tertiary/aromatic N) is 2. The molecule has 0 aliphatic carbocycles. The number of aromatic nitrogens is 4. The summed E-state index contributed by atoms with van der Waals surface area (Å²) in [6.07, 6.45) is 3.64. The average Bonchev–Trinajstić information content (AvgIpc) is 2.64. The molecule has 2 N–H and O–H groups in total. The zero-order valence-corrected chi connectivity index (χ0v) is 6.20. The maximum absolute atomic E-state index is 4.35. The van der Waals surface area contributed by atoms with E-state index in [2.05, 4.69) is 20.2 Å². The third-order valence-corrected chi connectivity index (χ3v) is 1.92. The first kappa shape index (κ1) is 5.77. The molecule has 0 saturated carbocycles. The van der Waals surface area contributed by atoms with Gasteiger partial charge in [0.05, 0.1) is 11.0 Å². The lowest BCUT2D eigenvalue weighted by molar-refractivity contribution is 1.10. The number of aromatic amines is 2. The lowest BCUT2D eigenvalue weighted by atomic mass is 10.3. The Morgan fingerprint density at radius 3 is 3.25 bits per heavy atom. The molecule has 0 saturated heterocycles. The molecular formula is C8H6N4. The van der Waals surface area contributed by atoms with E-state index in [1.54, 1.807) is 6.20 Å². The molecule has 12 heavy (non-hydrogen) atoms. The third-order valence-electron chi connectivity index (χ3n) is 1.92. The van der Waals surface area contributed by atoms with Gasteiger partial charge in [0.15, 0.2) is 5.65 Å². The van der Waals surface area contributed by atoms with Crippen LogP contribution in [0.3, 0.4) is 0 Å². The normalized spacial score (nSPS) is 11.3. The van der Waals surface area contributed by atoms with Crippen LogP contribution in [0, 0.1) is 0 Å². The Morgan fingerprint density at radius 1 is 1.25 bits per heavy atom. The molecule has 4 nitrogen and oxygen atoms in total. The van der Waals surface area contributed by atoms with E-state index >= 15 is 0 Å². The van der Waals surface area contributed by atoms with Crippen LogP contribution in [0.2, 0.25) is 0 Å². The summed E-state index contributed by atoms with van der Waals surface area (Å²) in [5.41, 5.74) is 2.74. The van der Waals surface area contributed by atoms with Gasteiger partial charge in [-0.3, -0.25) is 10.1 Å². The SMILES string of the molecule is c1cc2nc3[nH][nH]cc3cc2n1. The van der Waals surface area contributed by atoms with E-state index in [9.17, 15) is 0 Å². The van der Waals surface area contributed by atoms with Crippen molar-refractivity contribution in [1.29, 1.82) is 0 Å². The maximum Gasteiger partial charge on any atom is 0.154 e. The minimum atomic E-state index is 0.871. The van der Waals surface area contributed by atoms with Gasteiger partial charge in [0, 0.05) is 17.8 Å². The number of pyridine rings is 1. The van der Waals surface area contributed by atoms with Crippen LogP contribution in [-0.4, -0.2) is 20.2 Å².